The van der Waals surface area contributed by atoms with Gasteiger partial charge in [0, 0.05) is 32.6 Å². The summed E-state index contributed by atoms with van der Waals surface area (Å²) in [7, 11) is 0. The van der Waals surface area contributed by atoms with Crippen molar-refractivity contribution in [3.05, 3.63) is 186 Å². The van der Waals surface area contributed by atoms with Gasteiger partial charge in [-0.2, -0.15) is 0 Å². The Labute approximate surface area is 315 Å². The summed E-state index contributed by atoms with van der Waals surface area (Å²) in [5.41, 5.74) is 19.8. The molecule has 0 N–H and O–H groups in total. The van der Waals surface area contributed by atoms with Gasteiger partial charge in [-0.25, -0.2) is 0 Å². The van der Waals surface area contributed by atoms with Crippen molar-refractivity contribution < 1.29 is 0 Å². The summed E-state index contributed by atoms with van der Waals surface area (Å²) in [6.45, 7) is 4.58. The summed E-state index contributed by atoms with van der Waals surface area (Å²) in [6.07, 6.45) is 11.9. The quantitative estimate of drug-likeness (QED) is 0.170. The van der Waals surface area contributed by atoms with Crippen LogP contribution >= 0.6 is 0 Å². The van der Waals surface area contributed by atoms with Gasteiger partial charge in [-0.15, -0.1) is 0 Å². The summed E-state index contributed by atoms with van der Waals surface area (Å²) in [5, 5.41) is 5.19. The number of aromatic nitrogens is 2. The fraction of sp³-hybridized carbons (Fsp3) is 0.115. The molecule has 258 valence electrons. The first kappa shape index (κ1) is 31.2. The molecule has 1 unspecified atom stereocenters. The van der Waals surface area contributed by atoms with E-state index < -0.39 is 0 Å². The van der Waals surface area contributed by atoms with Crippen LogP contribution in [0.2, 0.25) is 0 Å². The van der Waals surface area contributed by atoms with Crippen molar-refractivity contribution in [2.45, 2.75) is 39.2 Å². The predicted octanol–water partition coefficient (Wildman–Crippen LogP) is 13.7. The maximum atomic E-state index is 2.57. The average molecular weight is 693 g/mol. The van der Waals surface area contributed by atoms with E-state index in [1.54, 1.807) is 0 Å². The van der Waals surface area contributed by atoms with Crippen molar-refractivity contribution in [3.8, 4) is 39.1 Å². The van der Waals surface area contributed by atoms with E-state index in [0.29, 0.717) is 0 Å². The SMILES string of the molecule is CCc1cc(-c2cccc3c2-c2ccccc2C3)ccc1-c1c(C)cccc1-n1c2ccccc2c2cc3c4ccccc4n(C4C=CC=CC4)c3cc21. The topological polar surface area (TPSA) is 9.86 Å². The number of fused-ring (bicyclic) bond motifs is 9. The largest absolute Gasteiger partial charge is 0.333 e. The molecule has 2 aromatic heterocycles. The van der Waals surface area contributed by atoms with Crippen LogP contribution in [-0.2, 0) is 12.8 Å². The van der Waals surface area contributed by atoms with Crippen molar-refractivity contribution in [2.75, 3.05) is 0 Å². The van der Waals surface area contributed by atoms with Crippen molar-refractivity contribution in [3.63, 3.8) is 0 Å². The van der Waals surface area contributed by atoms with Gasteiger partial charge in [0.15, 0.2) is 0 Å². The molecular formula is C52H40N2. The van der Waals surface area contributed by atoms with Gasteiger partial charge < -0.3 is 9.13 Å². The predicted molar refractivity (Wildman–Crippen MR) is 229 cm³/mol. The first-order valence-electron chi connectivity index (χ1n) is 19.4. The molecule has 0 fully saturated rings. The Kier molecular flexibility index (Phi) is 6.97. The zero-order valence-electron chi connectivity index (χ0n) is 30.7. The van der Waals surface area contributed by atoms with Crippen LogP contribution < -0.4 is 0 Å². The van der Waals surface area contributed by atoms with Gasteiger partial charge in [-0.3, -0.25) is 0 Å². The van der Waals surface area contributed by atoms with E-state index in [0.717, 1.165) is 19.3 Å². The van der Waals surface area contributed by atoms with Crippen LogP contribution in [0.4, 0.5) is 0 Å². The minimum Gasteiger partial charge on any atom is -0.333 e. The Hall–Kier alpha value is -6.38. The zero-order valence-corrected chi connectivity index (χ0v) is 30.7. The van der Waals surface area contributed by atoms with Crippen LogP contribution in [0.15, 0.2) is 164 Å². The smallest absolute Gasteiger partial charge is 0.0562 e. The number of allylic oxidation sites excluding steroid dienone is 4. The second-order valence-electron chi connectivity index (χ2n) is 15.1. The van der Waals surface area contributed by atoms with E-state index in [9.17, 15) is 0 Å². The monoisotopic (exact) mass is 692 g/mol. The van der Waals surface area contributed by atoms with Crippen molar-refractivity contribution in [1.82, 2.24) is 9.13 Å². The molecule has 1 atom stereocenters. The van der Waals surface area contributed by atoms with Gasteiger partial charge in [0.1, 0.15) is 0 Å². The number of hydrogen-bond donors (Lipinski definition) is 0. The van der Waals surface area contributed by atoms with E-state index in [-0.39, 0.29) is 6.04 Å². The molecule has 0 saturated heterocycles. The molecule has 2 heteroatoms. The van der Waals surface area contributed by atoms with Gasteiger partial charge in [0.25, 0.3) is 0 Å². The molecule has 2 aliphatic rings. The fourth-order valence-electron chi connectivity index (χ4n) is 9.75. The lowest BCUT2D eigenvalue weighted by Gasteiger charge is -2.20. The Morgan fingerprint density at radius 2 is 1.30 bits per heavy atom. The molecule has 0 bridgehead atoms. The van der Waals surface area contributed by atoms with Crippen LogP contribution in [0.5, 0.6) is 0 Å². The summed E-state index contributed by atoms with van der Waals surface area (Å²) in [6, 6.07) is 52.9. The van der Waals surface area contributed by atoms with Crippen molar-refractivity contribution in [2.24, 2.45) is 0 Å². The summed E-state index contributed by atoms with van der Waals surface area (Å²) in [5.74, 6) is 0. The highest BCUT2D eigenvalue weighted by molar-refractivity contribution is 6.19. The Bertz CT molecular complexity index is 3050. The van der Waals surface area contributed by atoms with Crippen LogP contribution in [0.1, 0.15) is 41.6 Å². The molecule has 54 heavy (non-hydrogen) atoms. The molecule has 11 rings (SSSR count). The first-order valence-corrected chi connectivity index (χ1v) is 19.4. The normalized spacial score (nSPS) is 14.8. The molecule has 7 aromatic carbocycles. The number of para-hydroxylation sites is 2. The number of rotatable bonds is 5. The molecule has 2 heterocycles. The van der Waals surface area contributed by atoms with E-state index in [2.05, 4.69) is 187 Å². The lowest BCUT2D eigenvalue weighted by Crippen LogP contribution is -2.07. The number of aryl methyl sites for hydroxylation is 2. The Morgan fingerprint density at radius 1 is 0.556 bits per heavy atom. The third kappa shape index (κ3) is 4.53. The average Bonchev–Trinajstić information content (AvgIpc) is 3.87. The second kappa shape index (κ2) is 12.1. The standard InChI is InChI=1S/C52H40N2/c1-3-34-29-36(40-23-14-17-37-30-35-16-7-8-20-39(35)52(37)40)27-28-41(34)51-33(2)15-13-26-48(51)54-47-25-12-10-22-43(47)45-31-44-42-21-9-11-24-46(42)53(49(44)32-50(45)54)38-18-5-4-6-19-38/h4-18,20-29,31-32,38H,3,19,30H2,1-2H3. The molecule has 0 spiro atoms. The van der Waals surface area contributed by atoms with Gasteiger partial charge in [-0.1, -0.05) is 140 Å². The molecule has 9 aromatic rings. The zero-order chi connectivity index (χ0) is 35.9. The van der Waals surface area contributed by atoms with Crippen LogP contribution in [0, 0.1) is 6.92 Å². The van der Waals surface area contributed by atoms with Crippen LogP contribution in [0.25, 0.3) is 82.7 Å². The summed E-state index contributed by atoms with van der Waals surface area (Å²) >= 11 is 0. The molecule has 0 aliphatic heterocycles. The van der Waals surface area contributed by atoms with E-state index in [4.69, 9.17) is 0 Å². The van der Waals surface area contributed by atoms with Gasteiger partial charge in [0.2, 0.25) is 0 Å². The highest BCUT2D eigenvalue weighted by Gasteiger charge is 2.24. The van der Waals surface area contributed by atoms with E-state index in [1.165, 1.54) is 105 Å². The van der Waals surface area contributed by atoms with Crippen LogP contribution in [-0.4, -0.2) is 9.13 Å². The van der Waals surface area contributed by atoms with E-state index >= 15 is 0 Å². The minimum absolute atomic E-state index is 0.271. The Morgan fingerprint density at radius 3 is 2.15 bits per heavy atom. The molecule has 0 saturated carbocycles. The molecule has 0 amide bonds. The molecule has 2 nitrogen and oxygen atoms in total. The van der Waals surface area contributed by atoms with E-state index in [1.807, 2.05) is 0 Å². The van der Waals surface area contributed by atoms with Crippen molar-refractivity contribution >= 4 is 43.6 Å². The molecular weight excluding hydrogens is 653 g/mol. The van der Waals surface area contributed by atoms with Gasteiger partial charge in [-0.05, 0) is 107 Å². The maximum Gasteiger partial charge on any atom is 0.0562 e. The van der Waals surface area contributed by atoms with Gasteiger partial charge in [0.05, 0.1) is 28.3 Å². The summed E-state index contributed by atoms with van der Waals surface area (Å²) in [4.78, 5) is 0. The number of benzene rings is 7. The number of nitrogens with zero attached hydrogens (tertiary/aromatic N) is 2. The van der Waals surface area contributed by atoms with Gasteiger partial charge >= 0.3 is 0 Å². The molecule has 2 aliphatic carbocycles. The van der Waals surface area contributed by atoms with Crippen molar-refractivity contribution in [1.29, 1.82) is 0 Å². The first-order chi connectivity index (χ1) is 26.7. The third-order valence-electron chi connectivity index (χ3n) is 12.2. The lowest BCUT2D eigenvalue weighted by molar-refractivity contribution is 0.648. The lowest BCUT2D eigenvalue weighted by atomic mass is 9.88. The fourth-order valence-corrected chi connectivity index (χ4v) is 9.75. The Balaban J connectivity index is 1.15. The highest BCUT2D eigenvalue weighted by atomic mass is 15.0. The maximum absolute atomic E-state index is 2.57. The molecule has 0 radical (unpaired) electrons. The second-order valence-corrected chi connectivity index (χ2v) is 15.1. The third-order valence-corrected chi connectivity index (χ3v) is 12.2. The summed E-state index contributed by atoms with van der Waals surface area (Å²) < 4.78 is 5.11. The van der Waals surface area contributed by atoms with Crippen LogP contribution in [0.3, 0.4) is 0 Å². The minimum atomic E-state index is 0.271. The highest BCUT2D eigenvalue weighted by Crippen LogP contribution is 2.46. The number of hydrogen-bond acceptors (Lipinski definition) is 0.